The lowest BCUT2D eigenvalue weighted by molar-refractivity contribution is -0.128. The van der Waals surface area contributed by atoms with Gasteiger partial charge in [-0.2, -0.15) is 0 Å². The van der Waals surface area contributed by atoms with Crippen LogP contribution < -0.4 is 10.6 Å². The second-order valence-electron chi connectivity index (χ2n) is 6.68. The van der Waals surface area contributed by atoms with Crippen molar-refractivity contribution in [2.75, 3.05) is 19.6 Å². The maximum Gasteiger partial charge on any atom is 0.240 e. The number of rotatable bonds is 2. The molecule has 3 heterocycles. The Labute approximate surface area is 140 Å². The number of amides is 1. The van der Waals surface area contributed by atoms with E-state index in [1.807, 2.05) is 0 Å². The highest BCUT2D eigenvalue weighted by molar-refractivity contribution is 5.86. The highest BCUT2D eigenvalue weighted by Crippen LogP contribution is 2.28. The summed E-state index contributed by atoms with van der Waals surface area (Å²) in [5.41, 5.74) is -0.333. The molecule has 0 radical (unpaired) electrons. The summed E-state index contributed by atoms with van der Waals surface area (Å²) in [4.78, 5) is 15.1. The molecular weight excluding hydrogens is 309 g/mol. The largest absolute Gasteiger partial charge is 0.350 e. The fourth-order valence-electron chi connectivity index (χ4n) is 3.99. The first-order valence-corrected chi connectivity index (χ1v) is 7.99. The van der Waals surface area contributed by atoms with E-state index in [1.54, 1.807) is 0 Å². The van der Waals surface area contributed by atoms with Crippen LogP contribution in [0, 0.1) is 0 Å². The normalized spacial score (nSPS) is 36.0. The summed E-state index contributed by atoms with van der Waals surface area (Å²) >= 11 is 0. The zero-order chi connectivity index (χ0) is 13.3. The summed E-state index contributed by atoms with van der Waals surface area (Å²) in [5, 5.41) is 6.76. The van der Waals surface area contributed by atoms with Crippen molar-refractivity contribution < 1.29 is 4.79 Å². The van der Waals surface area contributed by atoms with Crippen molar-refractivity contribution in [1.82, 2.24) is 15.5 Å². The van der Waals surface area contributed by atoms with Crippen molar-refractivity contribution in [3.8, 4) is 0 Å². The van der Waals surface area contributed by atoms with Crippen molar-refractivity contribution in [3.05, 3.63) is 0 Å². The summed E-state index contributed by atoms with van der Waals surface area (Å²) in [6.45, 7) is 5.44. The number of nitrogens with zero attached hydrogens (tertiary/aromatic N) is 1. The molecule has 0 aromatic carbocycles. The summed E-state index contributed by atoms with van der Waals surface area (Å²) in [6, 6.07) is 0.984. The molecule has 0 aliphatic carbocycles. The van der Waals surface area contributed by atoms with Gasteiger partial charge in [0.15, 0.2) is 0 Å². The number of halogens is 2. The van der Waals surface area contributed by atoms with Gasteiger partial charge in [-0.05, 0) is 58.5 Å². The minimum absolute atomic E-state index is 0. The van der Waals surface area contributed by atoms with Crippen molar-refractivity contribution >= 4 is 30.7 Å². The zero-order valence-electron chi connectivity index (χ0n) is 12.9. The molecule has 3 unspecified atom stereocenters. The van der Waals surface area contributed by atoms with Gasteiger partial charge in [0.2, 0.25) is 5.91 Å². The third-order valence-corrected chi connectivity index (χ3v) is 5.29. The van der Waals surface area contributed by atoms with Gasteiger partial charge in [0.1, 0.15) is 0 Å². The van der Waals surface area contributed by atoms with Crippen LogP contribution in [0.4, 0.5) is 0 Å². The molecule has 2 N–H and O–H groups in total. The molecule has 0 saturated carbocycles. The van der Waals surface area contributed by atoms with Crippen LogP contribution in [-0.2, 0) is 4.79 Å². The van der Waals surface area contributed by atoms with Crippen molar-refractivity contribution in [2.45, 2.75) is 69.5 Å². The molecule has 6 heteroatoms. The zero-order valence-corrected chi connectivity index (χ0v) is 14.5. The lowest BCUT2D eigenvalue weighted by atomic mass is 9.89. The van der Waals surface area contributed by atoms with Crippen LogP contribution in [0.5, 0.6) is 0 Å². The van der Waals surface area contributed by atoms with Gasteiger partial charge in [0.25, 0.3) is 0 Å². The molecule has 0 bridgehead atoms. The molecule has 0 aromatic rings. The van der Waals surface area contributed by atoms with Crippen LogP contribution in [-0.4, -0.2) is 48.1 Å². The van der Waals surface area contributed by atoms with E-state index in [2.05, 4.69) is 22.5 Å². The summed E-state index contributed by atoms with van der Waals surface area (Å²) in [5.74, 6) is 0.227. The molecule has 21 heavy (non-hydrogen) atoms. The van der Waals surface area contributed by atoms with Gasteiger partial charge >= 0.3 is 0 Å². The van der Waals surface area contributed by atoms with Gasteiger partial charge in [-0.25, -0.2) is 0 Å². The molecule has 3 atom stereocenters. The Morgan fingerprint density at radius 2 is 1.95 bits per heavy atom. The molecule has 0 spiro atoms. The van der Waals surface area contributed by atoms with E-state index in [0.717, 1.165) is 25.8 Å². The van der Waals surface area contributed by atoms with E-state index in [0.29, 0.717) is 12.1 Å². The van der Waals surface area contributed by atoms with Crippen LogP contribution in [0.25, 0.3) is 0 Å². The third kappa shape index (κ3) is 4.04. The van der Waals surface area contributed by atoms with Gasteiger partial charge < -0.3 is 10.6 Å². The standard InChI is InChI=1S/C15H27N3O.2ClH/c1-15(8-3-4-9-16-15)14(19)17-12-7-11-18-10-5-2-6-13(12)18;;/h12-13,16H,2-11H2,1H3,(H,17,19);2*1H. The lowest BCUT2D eigenvalue weighted by Gasteiger charge is -2.37. The van der Waals surface area contributed by atoms with E-state index >= 15 is 0 Å². The molecular formula is C15H29Cl2N3O. The molecule has 124 valence electrons. The Balaban J connectivity index is 0.00000110. The van der Waals surface area contributed by atoms with Crippen LogP contribution >= 0.6 is 24.8 Å². The van der Waals surface area contributed by atoms with Gasteiger partial charge in [-0.15, -0.1) is 24.8 Å². The molecule has 3 aliphatic rings. The Kier molecular flexibility index (Phi) is 7.25. The summed E-state index contributed by atoms with van der Waals surface area (Å²) in [7, 11) is 0. The van der Waals surface area contributed by atoms with Gasteiger partial charge in [-0.3, -0.25) is 9.69 Å². The molecule has 3 fully saturated rings. The quantitative estimate of drug-likeness (QED) is 0.811. The smallest absolute Gasteiger partial charge is 0.240 e. The lowest BCUT2D eigenvalue weighted by Crippen LogP contribution is -2.60. The molecule has 3 rings (SSSR count). The highest BCUT2D eigenvalue weighted by Gasteiger charge is 2.40. The van der Waals surface area contributed by atoms with Crippen LogP contribution in [0.15, 0.2) is 0 Å². The highest BCUT2D eigenvalue weighted by atomic mass is 35.5. The van der Waals surface area contributed by atoms with Crippen LogP contribution in [0.2, 0.25) is 0 Å². The number of hydrogen-bond acceptors (Lipinski definition) is 3. The van der Waals surface area contributed by atoms with Crippen LogP contribution in [0.3, 0.4) is 0 Å². The second-order valence-corrected chi connectivity index (χ2v) is 6.68. The van der Waals surface area contributed by atoms with Crippen molar-refractivity contribution in [3.63, 3.8) is 0 Å². The average Bonchev–Trinajstić information content (AvgIpc) is 2.83. The minimum atomic E-state index is -0.333. The Hall–Kier alpha value is -0.0300. The maximum absolute atomic E-state index is 12.6. The number of fused-ring (bicyclic) bond motifs is 1. The first-order valence-electron chi connectivity index (χ1n) is 7.99. The number of carbonyl (C=O) groups is 1. The van der Waals surface area contributed by atoms with Gasteiger partial charge in [0.05, 0.1) is 5.54 Å². The molecule has 4 nitrogen and oxygen atoms in total. The SMILES string of the molecule is CC1(C(=O)NC2CCN3CCCCC23)CCCCN1.Cl.Cl. The summed E-state index contributed by atoms with van der Waals surface area (Å²) < 4.78 is 0. The minimum Gasteiger partial charge on any atom is -0.350 e. The fraction of sp³-hybridized carbons (Fsp3) is 0.933. The Morgan fingerprint density at radius 1 is 1.14 bits per heavy atom. The average molecular weight is 338 g/mol. The van der Waals surface area contributed by atoms with Crippen molar-refractivity contribution in [1.29, 1.82) is 0 Å². The Bertz CT molecular complexity index is 348. The molecule has 3 aliphatic heterocycles. The predicted octanol–water partition coefficient (Wildman–Crippen LogP) is 2.11. The number of carbonyl (C=O) groups excluding carboxylic acids is 1. The topological polar surface area (TPSA) is 44.4 Å². The Morgan fingerprint density at radius 3 is 2.67 bits per heavy atom. The molecule has 0 aromatic heterocycles. The van der Waals surface area contributed by atoms with E-state index in [4.69, 9.17) is 0 Å². The van der Waals surface area contributed by atoms with Crippen LogP contribution in [0.1, 0.15) is 51.9 Å². The van der Waals surface area contributed by atoms with E-state index < -0.39 is 0 Å². The molecule has 3 saturated heterocycles. The number of piperidine rings is 2. The first-order chi connectivity index (χ1) is 9.19. The second kappa shape index (κ2) is 8.00. The first kappa shape index (κ1) is 19.0. The molecule has 1 amide bonds. The number of nitrogens with one attached hydrogen (secondary N) is 2. The van der Waals surface area contributed by atoms with E-state index in [9.17, 15) is 4.79 Å². The predicted molar refractivity (Wildman–Crippen MR) is 90.5 cm³/mol. The summed E-state index contributed by atoms with van der Waals surface area (Å²) in [6.07, 6.45) is 8.38. The van der Waals surface area contributed by atoms with E-state index in [-0.39, 0.29) is 36.3 Å². The van der Waals surface area contributed by atoms with Gasteiger partial charge in [-0.1, -0.05) is 6.42 Å². The van der Waals surface area contributed by atoms with Gasteiger partial charge in [0, 0.05) is 18.6 Å². The fourth-order valence-corrected chi connectivity index (χ4v) is 3.99. The van der Waals surface area contributed by atoms with E-state index in [1.165, 1.54) is 38.8 Å². The third-order valence-electron chi connectivity index (χ3n) is 5.29. The monoisotopic (exact) mass is 337 g/mol. The number of hydrogen-bond donors (Lipinski definition) is 2. The van der Waals surface area contributed by atoms with Crippen molar-refractivity contribution in [2.24, 2.45) is 0 Å². The maximum atomic E-state index is 12.6.